The number of anilines is 1. The fourth-order valence-electron chi connectivity index (χ4n) is 3.65. The van der Waals surface area contributed by atoms with E-state index >= 15 is 0 Å². The zero-order chi connectivity index (χ0) is 22.4. The molecule has 0 aliphatic carbocycles. The van der Waals surface area contributed by atoms with E-state index in [9.17, 15) is 19.2 Å². The van der Waals surface area contributed by atoms with Gasteiger partial charge < -0.3 is 24.4 Å². The highest BCUT2D eigenvalue weighted by Gasteiger charge is 2.33. The minimum Gasteiger partial charge on any atom is -0.442 e. The Morgan fingerprint density at radius 2 is 1.90 bits per heavy atom. The van der Waals surface area contributed by atoms with Crippen molar-refractivity contribution in [1.29, 1.82) is 0 Å². The van der Waals surface area contributed by atoms with Gasteiger partial charge in [0.15, 0.2) is 6.61 Å². The molecule has 1 aromatic carbocycles. The first kappa shape index (κ1) is 22.4. The number of nitrogens with zero attached hydrogens (tertiary/aromatic N) is 2. The van der Waals surface area contributed by atoms with Crippen LogP contribution in [-0.2, 0) is 23.8 Å². The topological polar surface area (TPSA) is 114 Å². The van der Waals surface area contributed by atoms with Crippen molar-refractivity contribution in [3.8, 4) is 0 Å². The quantitative estimate of drug-likeness (QED) is 0.650. The highest BCUT2D eigenvalue weighted by atomic mass is 16.7. The summed E-state index contributed by atoms with van der Waals surface area (Å²) in [4.78, 5) is 49.8. The molecule has 2 atom stereocenters. The van der Waals surface area contributed by atoms with Gasteiger partial charge >= 0.3 is 12.2 Å². The van der Waals surface area contributed by atoms with Gasteiger partial charge in [0.1, 0.15) is 6.10 Å². The van der Waals surface area contributed by atoms with E-state index in [1.165, 1.54) is 11.8 Å². The summed E-state index contributed by atoms with van der Waals surface area (Å²) in [7, 11) is 0. The molecular formula is C21H27N3O7. The van der Waals surface area contributed by atoms with Crippen LogP contribution in [0.25, 0.3) is 0 Å². The average Bonchev–Trinajstić information content (AvgIpc) is 3.38. The van der Waals surface area contributed by atoms with Crippen molar-refractivity contribution in [2.75, 3.05) is 44.3 Å². The van der Waals surface area contributed by atoms with Crippen LogP contribution >= 0.6 is 0 Å². The average molecular weight is 433 g/mol. The van der Waals surface area contributed by atoms with Gasteiger partial charge in [-0.2, -0.15) is 0 Å². The van der Waals surface area contributed by atoms with Gasteiger partial charge in [0.25, 0.3) is 5.91 Å². The molecule has 0 bridgehead atoms. The molecule has 2 saturated heterocycles. The Kier molecular flexibility index (Phi) is 7.32. The van der Waals surface area contributed by atoms with E-state index in [-0.39, 0.29) is 43.6 Å². The van der Waals surface area contributed by atoms with Gasteiger partial charge in [-0.15, -0.1) is 0 Å². The van der Waals surface area contributed by atoms with Gasteiger partial charge in [-0.3, -0.25) is 14.5 Å². The Hall–Kier alpha value is -3.30. The third-order valence-corrected chi connectivity index (χ3v) is 5.25. The second-order valence-electron chi connectivity index (χ2n) is 7.44. The van der Waals surface area contributed by atoms with Gasteiger partial charge in [0, 0.05) is 31.6 Å². The SMILES string of the molecule is CCOC(=O)OCC(=O)N1CCC(c2ccc(N3C[C@H](CNC(C)=O)OC3=O)cc2)C1. The molecule has 168 valence electrons. The number of hydrogen-bond acceptors (Lipinski definition) is 7. The fourth-order valence-corrected chi connectivity index (χ4v) is 3.65. The maximum atomic E-state index is 12.2. The number of amides is 3. The van der Waals surface area contributed by atoms with Crippen LogP contribution in [0.2, 0.25) is 0 Å². The molecule has 3 amide bonds. The molecule has 1 aromatic rings. The summed E-state index contributed by atoms with van der Waals surface area (Å²) in [6.45, 7) is 4.71. The Balaban J connectivity index is 1.51. The molecule has 2 heterocycles. The van der Waals surface area contributed by atoms with E-state index in [0.29, 0.717) is 25.3 Å². The largest absolute Gasteiger partial charge is 0.508 e. The van der Waals surface area contributed by atoms with E-state index in [4.69, 9.17) is 9.47 Å². The summed E-state index contributed by atoms with van der Waals surface area (Å²) < 4.78 is 14.7. The maximum Gasteiger partial charge on any atom is 0.508 e. The number of carbonyl (C=O) groups excluding carboxylic acids is 4. The molecule has 1 N–H and O–H groups in total. The normalized spacial score (nSPS) is 20.4. The molecular weight excluding hydrogens is 406 g/mol. The van der Waals surface area contributed by atoms with Crippen molar-refractivity contribution in [3.63, 3.8) is 0 Å². The van der Waals surface area contributed by atoms with Gasteiger partial charge in [-0.05, 0) is 31.0 Å². The molecule has 0 aromatic heterocycles. The Bertz CT molecular complexity index is 827. The lowest BCUT2D eigenvalue weighted by Crippen LogP contribution is -2.33. The maximum absolute atomic E-state index is 12.2. The molecule has 0 saturated carbocycles. The molecule has 31 heavy (non-hydrogen) atoms. The minimum absolute atomic E-state index is 0.165. The summed E-state index contributed by atoms with van der Waals surface area (Å²) in [6, 6.07) is 7.59. The van der Waals surface area contributed by atoms with Crippen molar-refractivity contribution in [2.24, 2.45) is 0 Å². The van der Waals surface area contributed by atoms with Crippen LogP contribution in [0.4, 0.5) is 15.3 Å². The highest BCUT2D eigenvalue weighted by Crippen LogP contribution is 2.30. The zero-order valence-electron chi connectivity index (χ0n) is 17.7. The first-order chi connectivity index (χ1) is 14.9. The van der Waals surface area contributed by atoms with E-state index < -0.39 is 12.2 Å². The number of ether oxygens (including phenoxy) is 3. The van der Waals surface area contributed by atoms with Gasteiger partial charge in [-0.1, -0.05) is 12.1 Å². The summed E-state index contributed by atoms with van der Waals surface area (Å²) in [5, 5.41) is 2.65. The number of cyclic esters (lactones) is 1. The summed E-state index contributed by atoms with van der Waals surface area (Å²) in [5.74, 6) is -0.258. The zero-order valence-corrected chi connectivity index (χ0v) is 17.7. The van der Waals surface area contributed by atoms with Crippen molar-refractivity contribution < 1.29 is 33.4 Å². The van der Waals surface area contributed by atoms with Crippen LogP contribution in [0, 0.1) is 0 Å². The standard InChI is InChI=1S/C21H27N3O7/c1-3-29-21(28)30-13-19(26)23-9-8-16(11-23)15-4-6-17(7-5-15)24-12-18(31-20(24)27)10-22-14(2)25/h4-7,16,18H,3,8-13H2,1-2H3,(H,22,25)/t16?,18-/m0/s1. The van der Waals surface area contributed by atoms with E-state index in [1.807, 2.05) is 24.3 Å². The molecule has 2 aliphatic heterocycles. The third-order valence-electron chi connectivity index (χ3n) is 5.25. The summed E-state index contributed by atoms with van der Waals surface area (Å²) >= 11 is 0. The van der Waals surface area contributed by atoms with Crippen LogP contribution in [0.1, 0.15) is 31.7 Å². The number of hydrogen-bond donors (Lipinski definition) is 1. The lowest BCUT2D eigenvalue weighted by atomic mass is 9.98. The van der Waals surface area contributed by atoms with Crippen LogP contribution in [0.15, 0.2) is 24.3 Å². The van der Waals surface area contributed by atoms with Crippen LogP contribution in [0.5, 0.6) is 0 Å². The Labute approximate surface area is 180 Å². The minimum atomic E-state index is -0.845. The number of likely N-dealkylation sites (tertiary alicyclic amines) is 1. The molecule has 0 spiro atoms. The van der Waals surface area contributed by atoms with Crippen LogP contribution in [-0.4, -0.2) is 74.5 Å². The lowest BCUT2D eigenvalue weighted by Gasteiger charge is -2.17. The first-order valence-electron chi connectivity index (χ1n) is 10.3. The summed E-state index contributed by atoms with van der Waals surface area (Å²) in [6.07, 6.45) is -0.874. The monoisotopic (exact) mass is 433 g/mol. The number of nitrogens with one attached hydrogen (secondary N) is 1. The van der Waals surface area contributed by atoms with Crippen molar-refractivity contribution in [3.05, 3.63) is 29.8 Å². The number of carbonyl (C=O) groups is 4. The second-order valence-corrected chi connectivity index (χ2v) is 7.44. The van der Waals surface area contributed by atoms with Crippen molar-refractivity contribution >= 4 is 29.8 Å². The predicted octanol–water partition coefficient (Wildman–Crippen LogP) is 1.64. The Morgan fingerprint density at radius 1 is 1.16 bits per heavy atom. The summed E-state index contributed by atoms with van der Waals surface area (Å²) in [5.41, 5.74) is 1.78. The lowest BCUT2D eigenvalue weighted by molar-refractivity contribution is -0.134. The second kappa shape index (κ2) is 10.1. The number of benzene rings is 1. The molecule has 10 heteroatoms. The van der Waals surface area contributed by atoms with Crippen LogP contribution < -0.4 is 10.2 Å². The van der Waals surface area contributed by atoms with E-state index in [0.717, 1.165) is 12.0 Å². The first-order valence-corrected chi connectivity index (χ1v) is 10.3. The molecule has 10 nitrogen and oxygen atoms in total. The number of rotatable bonds is 7. The molecule has 2 fully saturated rings. The highest BCUT2D eigenvalue weighted by molar-refractivity contribution is 5.89. The smallest absolute Gasteiger partial charge is 0.442 e. The van der Waals surface area contributed by atoms with Gasteiger partial charge in [0.05, 0.1) is 19.7 Å². The fraction of sp³-hybridized carbons (Fsp3) is 0.524. The van der Waals surface area contributed by atoms with E-state index in [1.54, 1.807) is 11.8 Å². The molecule has 0 radical (unpaired) electrons. The third kappa shape index (κ3) is 5.87. The van der Waals surface area contributed by atoms with E-state index in [2.05, 4.69) is 10.1 Å². The van der Waals surface area contributed by atoms with Gasteiger partial charge in [-0.25, -0.2) is 9.59 Å². The van der Waals surface area contributed by atoms with Gasteiger partial charge in [0.2, 0.25) is 5.91 Å². The molecule has 2 aliphatic rings. The van der Waals surface area contributed by atoms with Crippen LogP contribution in [0.3, 0.4) is 0 Å². The molecule has 3 rings (SSSR count). The van der Waals surface area contributed by atoms with Crippen molar-refractivity contribution in [1.82, 2.24) is 10.2 Å². The van der Waals surface area contributed by atoms with Crippen molar-refractivity contribution in [2.45, 2.75) is 32.3 Å². The Morgan fingerprint density at radius 3 is 2.58 bits per heavy atom. The molecule has 1 unspecified atom stereocenters. The predicted molar refractivity (Wildman–Crippen MR) is 110 cm³/mol.